The molecular formula is C17H17N3. The van der Waals surface area contributed by atoms with Gasteiger partial charge in [-0.1, -0.05) is 35.9 Å². The molecule has 0 N–H and O–H groups in total. The summed E-state index contributed by atoms with van der Waals surface area (Å²) in [5, 5.41) is 8.42. The summed E-state index contributed by atoms with van der Waals surface area (Å²) in [7, 11) is 0. The topological polar surface area (TPSA) is 30.7 Å². The lowest BCUT2D eigenvalue weighted by atomic mass is 9.99. The van der Waals surface area contributed by atoms with E-state index >= 15 is 0 Å². The van der Waals surface area contributed by atoms with Gasteiger partial charge < -0.3 is 0 Å². The third kappa shape index (κ3) is 2.11. The molecule has 0 amide bonds. The van der Waals surface area contributed by atoms with Gasteiger partial charge in [0, 0.05) is 11.3 Å². The quantitative estimate of drug-likeness (QED) is 0.703. The van der Waals surface area contributed by atoms with Gasteiger partial charge in [-0.3, -0.25) is 4.57 Å². The number of nitrogens with zero attached hydrogens (tertiary/aromatic N) is 3. The molecule has 100 valence electrons. The highest BCUT2D eigenvalue weighted by atomic mass is 15.3. The van der Waals surface area contributed by atoms with Crippen molar-refractivity contribution in [3.8, 4) is 17.1 Å². The van der Waals surface area contributed by atoms with Gasteiger partial charge in [0.05, 0.1) is 0 Å². The Kier molecular flexibility index (Phi) is 3.11. The number of aryl methyl sites for hydroxylation is 3. The van der Waals surface area contributed by atoms with Gasteiger partial charge in [-0.05, 0) is 44.0 Å². The fourth-order valence-electron chi connectivity index (χ4n) is 2.72. The van der Waals surface area contributed by atoms with Gasteiger partial charge in [0.25, 0.3) is 0 Å². The molecule has 0 aliphatic carbocycles. The van der Waals surface area contributed by atoms with Crippen molar-refractivity contribution in [1.29, 1.82) is 0 Å². The van der Waals surface area contributed by atoms with Gasteiger partial charge in [0.2, 0.25) is 0 Å². The van der Waals surface area contributed by atoms with E-state index in [4.69, 9.17) is 0 Å². The minimum atomic E-state index is 0.895. The molecule has 0 radical (unpaired) electrons. The second-order valence-corrected chi connectivity index (χ2v) is 5.13. The van der Waals surface area contributed by atoms with Crippen LogP contribution < -0.4 is 0 Å². The summed E-state index contributed by atoms with van der Waals surface area (Å²) in [5.74, 6) is 0.895. The first kappa shape index (κ1) is 12.6. The second-order valence-electron chi connectivity index (χ2n) is 5.13. The lowest BCUT2D eigenvalue weighted by Crippen LogP contribution is -1.99. The Morgan fingerprint density at radius 3 is 2.20 bits per heavy atom. The molecule has 20 heavy (non-hydrogen) atoms. The second kappa shape index (κ2) is 4.93. The largest absolute Gasteiger partial charge is 0.282 e. The zero-order valence-electron chi connectivity index (χ0n) is 12.0. The lowest BCUT2D eigenvalue weighted by Gasteiger charge is -2.12. The van der Waals surface area contributed by atoms with E-state index in [9.17, 15) is 0 Å². The van der Waals surface area contributed by atoms with Crippen LogP contribution in [0.25, 0.3) is 17.1 Å². The summed E-state index contributed by atoms with van der Waals surface area (Å²) in [6, 6.07) is 14.5. The molecule has 0 unspecified atom stereocenters. The fraction of sp³-hybridized carbons (Fsp3) is 0.176. The maximum atomic E-state index is 4.33. The Balaban J connectivity index is 2.21. The molecule has 3 rings (SSSR count). The van der Waals surface area contributed by atoms with Crippen LogP contribution in [0.1, 0.15) is 16.7 Å². The van der Waals surface area contributed by atoms with Crippen LogP contribution in [0.2, 0.25) is 0 Å². The molecule has 0 saturated carbocycles. The van der Waals surface area contributed by atoms with Crippen molar-refractivity contribution in [2.75, 3.05) is 0 Å². The van der Waals surface area contributed by atoms with Gasteiger partial charge in [0.15, 0.2) is 5.82 Å². The Morgan fingerprint density at radius 2 is 1.55 bits per heavy atom. The average Bonchev–Trinajstić information content (AvgIpc) is 2.87. The smallest absolute Gasteiger partial charge is 0.168 e. The van der Waals surface area contributed by atoms with Crippen LogP contribution in [-0.2, 0) is 0 Å². The molecule has 3 nitrogen and oxygen atoms in total. The third-order valence-corrected chi connectivity index (χ3v) is 3.48. The molecule has 0 aliphatic heterocycles. The summed E-state index contributed by atoms with van der Waals surface area (Å²) in [5.41, 5.74) is 5.97. The molecule has 0 atom stereocenters. The van der Waals surface area contributed by atoms with E-state index in [-0.39, 0.29) is 0 Å². The summed E-state index contributed by atoms with van der Waals surface area (Å²) in [4.78, 5) is 0. The number of rotatable bonds is 2. The number of hydrogen-bond acceptors (Lipinski definition) is 2. The molecule has 0 spiro atoms. The normalized spacial score (nSPS) is 10.8. The highest BCUT2D eigenvalue weighted by molar-refractivity contribution is 5.67. The number of para-hydroxylation sites is 1. The zero-order chi connectivity index (χ0) is 14.1. The minimum Gasteiger partial charge on any atom is -0.282 e. The van der Waals surface area contributed by atoms with Crippen molar-refractivity contribution >= 4 is 0 Å². The molecule has 0 bridgehead atoms. The third-order valence-electron chi connectivity index (χ3n) is 3.48. The highest BCUT2D eigenvalue weighted by Crippen LogP contribution is 2.28. The van der Waals surface area contributed by atoms with Crippen molar-refractivity contribution < 1.29 is 0 Å². The Bertz CT molecular complexity index is 719. The Morgan fingerprint density at radius 1 is 0.900 bits per heavy atom. The molecule has 2 aromatic carbocycles. The summed E-state index contributed by atoms with van der Waals surface area (Å²) in [6.07, 6.45) is 1.77. The van der Waals surface area contributed by atoms with E-state index in [0.29, 0.717) is 0 Å². The van der Waals surface area contributed by atoms with Crippen molar-refractivity contribution in [2.24, 2.45) is 0 Å². The van der Waals surface area contributed by atoms with Crippen LogP contribution in [0.3, 0.4) is 0 Å². The Hall–Kier alpha value is -2.42. The lowest BCUT2D eigenvalue weighted by molar-refractivity contribution is 1.06. The summed E-state index contributed by atoms with van der Waals surface area (Å²) >= 11 is 0. The van der Waals surface area contributed by atoms with Crippen molar-refractivity contribution in [2.45, 2.75) is 20.8 Å². The average molecular weight is 263 g/mol. The van der Waals surface area contributed by atoms with Gasteiger partial charge in [-0.15, -0.1) is 10.2 Å². The molecule has 1 aromatic heterocycles. The van der Waals surface area contributed by atoms with Crippen LogP contribution in [0.4, 0.5) is 0 Å². The minimum absolute atomic E-state index is 0.895. The molecule has 3 aromatic rings. The van der Waals surface area contributed by atoms with Crippen molar-refractivity contribution in [1.82, 2.24) is 14.8 Å². The number of benzene rings is 2. The zero-order valence-corrected chi connectivity index (χ0v) is 12.0. The van der Waals surface area contributed by atoms with Crippen LogP contribution in [0.5, 0.6) is 0 Å². The fourth-order valence-corrected chi connectivity index (χ4v) is 2.72. The molecule has 0 saturated heterocycles. The maximum Gasteiger partial charge on any atom is 0.168 e. The molecule has 3 heteroatoms. The number of aromatic nitrogens is 3. The van der Waals surface area contributed by atoms with E-state index in [0.717, 1.165) is 17.1 Å². The standard InChI is InChI=1S/C17H17N3/c1-12-9-13(2)16(14(3)10-12)17-19-18-11-20(17)15-7-5-4-6-8-15/h4-11H,1-3H3. The van der Waals surface area contributed by atoms with Gasteiger partial charge in [-0.25, -0.2) is 0 Å². The van der Waals surface area contributed by atoms with Crippen molar-refractivity contribution in [3.05, 3.63) is 65.5 Å². The first-order valence-electron chi connectivity index (χ1n) is 6.70. The molecule has 0 fully saturated rings. The van der Waals surface area contributed by atoms with E-state index in [1.54, 1.807) is 6.33 Å². The van der Waals surface area contributed by atoms with Crippen LogP contribution >= 0.6 is 0 Å². The SMILES string of the molecule is Cc1cc(C)c(-c2nncn2-c2ccccc2)c(C)c1. The van der Waals surface area contributed by atoms with Crippen LogP contribution in [-0.4, -0.2) is 14.8 Å². The van der Waals surface area contributed by atoms with Gasteiger partial charge in [-0.2, -0.15) is 0 Å². The van der Waals surface area contributed by atoms with Crippen LogP contribution in [0.15, 0.2) is 48.8 Å². The highest BCUT2D eigenvalue weighted by Gasteiger charge is 2.14. The maximum absolute atomic E-state index is 4.33. The predicted molar refractivity (Wildman–Crippen MR) is 81.0 cm³/mol. The summed E-state index contributed by atoms with van der Waals surface area (Å²) in [6.45, 7) is 6.37. The summed E-state index contributed by atoms with van der Waals surface area (Å²) < 4.78 is 2.03. The van der Waals surface area contributed by atoms with Gasteiger partial charge >= 0.3 is 0 Å². The molecule has 1 heterocycles. The molecular weight excluding hydrogens is 246 g/mol. The van der Waals surface area contributed by atoms with Gasteiger partial charge in [0.1, 0.15) is 6.33 Å². The van der Waals surface area contributed by atoms with E-state index < -0.39 is 0 Å². The van der Waals surface area contributed by atoms with Crippen LogP contribution in [0, 0.1) is 20.8 Å². The molecule has 0 aliphatic rings. The first-order valence-corrected chi connectivity index (χ1v) is 6.70. The van der Waals surface area contributed by atoms with E-state index in [1.165, 1.54) is 16.7 Å². The Labute approximate surface area is 118 Å². The van der Waals surface area contributed by atoms with E-state index in [2.05, 4.69) is 55.2 Å². The van der Waals surface area contributed by atoms with Crippen molar-refractivity contribution in [3.63, 3.8) is 0 Å². The first-order chi connectivity index (χ1) is 9.66. The predicted octanol–water partition coefficient (Wildman–Crippen LogP) is 3.86. The monoisotopic (exact) mass is 263 g/mol. The number of hydrogen-bond donors (Lipinski definition) is 0. The van der Waals surface area contributed by atoms with E-state index in [1.807, 2.05) is 22.8 Å².